The summed E-state index contributed by atoms with van der Waals surface area (Å²) in [5, 5.41) is 12.2. The van der Waals surface area contributed by atoms with Gasteiger partial charge in [0.15, 0.2) is 11.6 Å². The molecule has 1 amide bonds. The molecule has 0 saturated heterocycles. The van der Waals surface area contributed by atoms with E-state index in [1.165, 1.54) is 25.3 Å². The number of methoxy groups -OCH3 is 1. The molecule has 1 aliphatic rings. The highest BCUT2D eigenvalue weighted by atomic mass is 19.1. The number of benzene rings is 1. The first kappa shape index (κ1) is 18.2. The second kappa shape index (κ2) is 6.39. The van der Waals surface area contributed by atoms with Crippen molar-refractivity contribution in [3.05, 3.63) is 29.6 Å². The molecule has 0 unspecified atom stereocenters. The summed E-state index contributed by atoms with van der Waals surface area (Å²) in [4.78, 5) is 24.3. The van der Waals surface area contributed by atoms with Crippen LogP contribution < -0.4 is 10.1 Å². The second-order valence-electron chi connectivity index (χ2n) is 6.36. The van der Waals surface area contributed by atoms with Gasteiger partial charge in [-0.2, -0.15) is 0 Å². The number of hydrogen-bond donors (Lipinski definition) is 2. The Balaban J connectivity index is 2.31. The summed E-state index contributed by atoms with van der Waals surface area (Å²) < 4.78 is 24.6. The molecule has 1 saturated carbocycles. The van der Waals surface area contributed by atoms with Crippen molar-refractivity contribution in [3.8, 4) is 5.75 Å². The second-order valence-corrected chi connectivity index (χ2v) is 6.36. The predicted octanol–water partition coefficient (Wildman–Crippen LogP) is 2.22. The van der Waals surface area contributed by atoms with Gasteiger partial charge in [-0.25, -0.2) is 9.18 Å². The van der Waals surface area contributed by atoms with Crippen molar-refractivity contribution in [2.45, 2.75) is 38.8 Å². The minimum Gasteiger partial charge on any atom is -0.494 e. The maximum absolute atomic E-state index is 14.3. The molecule has 1 aromatic carbocycles. The number of ether oxygens (including phenoxy) is 2. The Morgan fingerprint density at radius 2 is 2.08 bits per heavy atom. The number of nitrogens with one attached hydrogen (secondary N) is 1. The molecular formula is C17H22FNO5. The van der Waals surface area contributed by atoms with Gasteiger partial charge in [0.05, 0.1) is 18.8 Å². The average molecular weight is 339 g/mol. The fourth-order valence-corrected chi connectivity index (χ4v) is 3.14. The van der Waals surface area contributed by atoms with Crippen LogP contribution in [0.5, 0.6) is 5.75 Å². The summed E-state index contributed by atoms with van der Waals surface area (Å²) in [6.07, 6.45) is -0.172. The summed E-state index contributed by atoms with van der Waals surface area (Å²) in [7, 11) is 1.29. The Hall–Kier alpha value is -2.15. The van der Waals surface area contributed by atoms with Crippen LogP contribution in [0, 0.1) is 11.2 Å². The number of carbonyl (C=O) groups is 2. The van der Waals surface area contributed by atoms with Gasteiger partial charge >= 0.3 is 5.97 Å². The molecule has 2 N–H and O–H groups in total. The number of amides is 1. The van der Waals surface area contributed by atoms with Crippen LogP contribution in [0.2, 0.25) is 0 Å². The SMILES string of the molecule is CCO[C@@H]1C[C@@](NC(=O)c2cccc(OC)c2F)(C(=O)O)C1(C)C. The van der Waals surface area contributed by atoms with Gasteiger partial charge in [0.1, 0.15) is 5.54 Å². The van der Waals surface area contributed by atoms with Crippen molar-refractivity contribution in [1.29, 1.82) is 0 Å². The molecule has 1 fully saturated rings. The quantitative estimate of drug-likeness (QED) is 0.830. The summed E-state index contributed by atoms with van der Waals surface area (Å²) >= 11 is 0. The van der Waals surface area contributed by atoms with E-state index in [-0.39, 0.29) is 23.8 Å². The molecule has 6 nitrogen and oxygen atoms in total. The van der Waals surface area contributed by atoms with E-state index in [1.54, 1.807) is 13.8 Å². The van der Waals surface area contributed by atoms with Crippen molar-refractivity contribution in [1.82, 2.24) is 5.32 Å². The first-order valence-corrected chi connectivity index (χ1v) is 7.71. The van der Waals surface area contributed by atoms with Crippen molar-refractivity contribution >= 4 is 11.9 Å². The normalized spacial score (nSPS) is 24.8. The summed E-state index contributed by atoms with van der Waals surface area (Å²) in [5.74, 6) is -2.86. The lowest BCUT2D eigenvalue weighted by molar-refractivity contribution is -0.190. The predicted molar refractivity (Wildman–Crippen MR) is 84.6 cm³/mol. The molecule has 1 aromatic rings. The number of carbonyl (C=O) groups excluding carboxylic acids is 1. The summed E-state index contributed by atoms with van der Waals surface area (Å²) in [6, 6.07) is 4.14. The molecular weight excluding hydrogens is 317 g/mol. The molecule has 2 rings (SSSR count). The van der Waals surface area contributed by atoms with Gasteiger partial charge in [-0.3, -0.25) is 4.79 Å². The van der Waals surface area contributed by atoms with Gasteiger partial charge in [0, 0.05) is 18.4 Å². The van der Waals surface area contributed by atoms with Crippen LogP contribution in [0.3, 0.4) is 0 Å². The molecule has 0 bridgehead atoms. The third kappa shape index (κ3) is 2.62. The molecule has 0 aromatic heterocycles. The van der Waals surface area contributed by atoms with Gasteiger partial charge < -0.3 is 19.9 Å². The molecule has 7 heteroatoms. The monoisotopic (exact) mass is 339 g/mol. The fourth-order valence-electron chi connectivity index (χ4n) is 3.14. The highest BCUT2D eigenvalue weighted by molar-refractivity contribution is 5.99. The van der Waals surface area contributed by atoms with Crippen LogP contribution in [-0.4, -0.2) is 42.3 Å². The van der Waals surface area contributed by atoms with Gasteiger partial charge in [-0.15, -0.1) is 0 Å². The Bertz CT molecular complexity index is 660. The number of carboxylic acids is 1. The molecule has 0 spiro atoms. The van der Waals surface area contributed by atoms with Gasteiger partial charge in [-0.1, -0.05) is 19.9 Å². The van der Waals surface area contributed by atoms with Gasteiger partial charge in [-0.05, 0) is 19.1 Å². The highest BCUT2D eigenvalue weighted by Gasteiger charge is 2.66. The number of carboxylic acid groups (broad SMARTS) is 1. The summed E-state index contributed by atoms with van der Waals surface area (Å²) in [6.45, 7) is 5.70. The molecule has 2 atom stereocenters. The zero-order chi connectivity index (χ0) is 18.1. The standard InChI is InChI=1S/C17H22FNO5/c1-5-24-12-9-17(15(21)22,16(12,2)3)19-14(20)10-7-6-8-11(23-4)13(10)18/h6-8,12H,5,9H2,1-4H3,(H,19,20)(H,21,22)/t12-,17-/m1/s1. The lowest BCUT2D eigenvalue weighted by Gasteiger charge is -2.58. The van der Waals surface area contributed by atoms with Gasteiger partial charge in [0.2, 0.25) is 0 Å². The molecule has 0 heterocycles. The van der Waals surface area contributed by atoms with E-state index in [9.17, 15) is 19.1 Å². The van der Waals surface area contributed by atoms with Crippen molar-refractivity contribution in [2.75, 3.05) is 13.7 Å². The van der Waals surface area contributed by atoms with E-state index in [0.29, 0.717) is 6.61 Å². The first-order valence-electron chi connectivity index (χ1n) is 7.71. The lowest BCUT2D eigenvalue weighted by atomic mass is 9.54. The van der Waals surface area contributed by atoms with Crippen LogP contribution in [0.4, 0.5) is 4.39 Å². The Morgan fingerprint density at radius 3 is 2.58 bits per heavy atom. The Kier molecular flexibility index (Phi) is 4.85. The van der Waals surface area contributed by atoms with Crippen molar-refractivity contribution in [3.63, 3.8) is 0 Å². The largest absolute Gasteiger partial charge is 0.494 e. The zero-order valence-corrected chi connectivity index (χ0v) is 14.2. The molecule has 132 valence electrons. The van der Waals surface area contributed by atoms with Crippen LogP contribution >= 0.6 is 0 Å². The Morgan fingerprint density at radius 1 is 1.42 bits per heavy atom. The Labute approximate surface area is 139 Å². The minimum absolute atomic E-state index is 0.0768. The lowest BCUT2D eigenvalue weighted by Crippen LogP contribution is -2.76. The topological polar surface area (TPSA) is 84.9 Å². The average Bonchev–Trinajstić information content (AvgIpc) is 2.53. The van der Waals surface area contributed by atoms with E-state index in [1.807, 2.05) is 6.92 Å². The fraction of sp³-hybridized carbons (Fsp3) is 0.529. The van der Waals surface area contributed by atoms with Crippen LogP contribution in [-0.2, 0) is 9.53 Å². The van der Waals surface area contributed by atoms with Crippen molar-refractivity contribution in [2.24, 2.45) is 5.41 Å². The minimum atomic E-state index is -1.51. The maximum atomic E-state index is 14.3. The maximum Gasteiger partial charge on any atom is 0.330 e. The van der Waals surface area contributed by atoms with E-state index in [0.717, 1.165) is 0 Å². The highest BCUT2D eigenvalue weighted by Crippen LogP contribution is 2.51. The van der Waals surface area contributed by atoms with E-state index in [4.69, 9.17) is 9.47 Å². The van der Waals surface area contributed by atoms with Crippen LogP contribution in [0.1, 0.15) is 37.6 Å². The molecule has 0 aliphatic heterocycles. The first-order chi connectivity index (χ1) is 11.2. The number of hydrogen-bond acceptors (Lipinski definition) is 4. The smallest absolute Gasteiger partial charge is 0.330 e. The van der Waals surface area contributed by atoms with Crippen LogP contribution in [0.15, 0.2) is 18.2 Å². The van der Waals surface area contributed by atoms with Gasteiger partial charge in [0.25, 0.3) is 5.91 Å². The van der Waals surface area contributed by atoms with E-state index >= 15 is 0 Å². The number of aliphatic carboxylic acids is 1. The number of rotatable bonds is 6. The van der Waals surface area contributed by atoms with E-state index in [2.05, 4.69) is 5.32 Å². The summed E-state index contributed by atoms with van der Waals surface area (Å²) in [5.41, 5.74) is -2.61. The van der Waals surface area contributed by atoms with E-state index < -0.39 is 28.6 Å². The zero-order valence-electron chi connectivity index (χ0n) is 14.2. The van der Waals surface area contributed by atoms with Crippen molar-refractivity contribution < 1.29 is 28.6 Å². The third-order valence-corrected chi connectivity index (χ3v) is 4.88. The third-order valence-electron chi connectivity index (χ3n) is 4.88. The van der Waals surface area contributed by atoms with Crippen LogP contribution in [0.25, 0.3) is 0 Å². The molecule has 24 heavy (non-hydrogen) atoms. The number of halogens is 1. The molecule has 0 radical (unpaired) electrons. The molecule has 1 aliphatic carbocycles.